The molecule has 1 aromatic heterocycles. The molecular formula is C29H27N3O4. The van der Waals surface area contributed by atoms with E-state index < -0.39 is 5.97 Å². The molecule has 0 bridgehead atoms. The van der Waals surface area contributed by atoms with Crippen LogP contribution < -0.4 is 16.5 Å². The Morgan fingerprint density at radius 3 is 2.56 bits per heavy atom. The number of aryl methyl sites for hydroxylation is 1. The number of carboxylic acid groups (broad SMARTS) is 1. The van der Waals surface area contributed by atoms with Crippen LogP contribution in [-0.2, 0) is 0 Å². The van der Waals surface area contributed by atoms with Crippen LogP contribution in [0.15, 0.2) is 76.1 Å². The Bertz CT molecular complexity index is 1580. The van der Waals surface area contributed by atoms with Crippen LogP contribution in [0.1, 0.15) is 45.6 Å². The topological polar surface area (TPSA) is 129 Å². The summed E-state index contributed by atoms with van der Waals surface area (Å²) in [5, 5.41) is 20.9. The van der Waals surface area contributed by atoms with Crippen molar-refractivity contribution in [2.75, 3.05) is 5.32 Å². The lowest BCUT2D eigenvalue weighted by atomic mass is 9.97. The summed E-state index contributed by atoms with van der Waals surface area (Å²) in [7, 11) is 0. The smallest absolute Gasteiger partial charge is 0.337 e. The van der Waals surface area contributed by atoms with Crippen LogP contribution in [0.3, 0.4) is 0 Å². The summed E-state index contributed by atoms with van der Waals surface area (Å²) in [6.07, 6.45) is 2.53. The molecule has 0 aliphatic rings. The SMILES string of the molecule is Cc1cc(C(C)Nc2ccccc2C(=O)O)c2oc(-c3cccc(/C(C=N)=C/N)c3)c(C)c(=O)c2c1. The molecule has 5 N–H and O–H groups in total. The van der Waals surface area contributed by atoms with Gasteiger partial charge >= 0.3 is 5.97 Å². The number of hydrogen-bond acceptors (Lipinski definition) is 6. The van der Waals surface area contributed by atoms with Gasteiger partial charge in [-0.3, -0.25) is 4.79 Å². The summed E-state index contributed by atoms with van der Waals surface area (Å²) in [4.78, 5) is 25.1. The van der Waals surface area contributed by atoms with Crippen molar-refractivity contribution < 1.29 is 14.3 Å². The molecule has 1 atom stereocenters. The van der Waals surface area contributed by atoms with E-state index in [4.69, 9.17) is 15.6 Å². The highest BCUT2D eigenvalue weighted by molar-refractivity contribution is 6.08. The monoisotopic (exact) mass is 481 g/mol. The zero-order chi connectivity index (χ0) is 26.0. The zero-order valence-corrected chi connectivity index (χ0v) is 20.3. The number of rotatable bonds is 7. The maximum absolute atomic E-state index is 13.5. The Morgan fingerprint density at radius 1 is 1.11 bits per heavy atom. The molecule has 3 aromatic carbocycles. The van der Waals surface area contributed by atoms with E-state index in [1.165, 1.54) is 12.4 Å². The number of para-hydroxylation sites is 1. The second kappa shape index (κ2) is 9.92. The van der Waals surface area contributed by atoms with E-state index in [1.54, 1.807) is 37.3 Å². The molecule has 4 rings (SSSR count). The van der Waals surface area contributed by atoms with Gasteiger partial charge in [-0.15, -0.1) is 0 Å². The fourth-order valence-electron chi connectivity index (χ4n) is 4.34. The van der Waals surface area contributed by atoms with Crippen molar-refractivity contribution in [3.05, 3.63) is 105 Å². The summed E-state index contributed by atoms with van der Waals surface area (Å²) < 4.78 is 6.42. The van der Waals surface area contributed by atoms with Gasteiger partial charge < -0.3 is 26.0 Å². The van der Waals surface area contributed by atoms with E-state index >= 15 is 0 Å². The number of nitrogens with one attached hydrogen (secondary N) is 2. The minimum atomic E-state index is -1.03. The molecule has 0 radical (unpaired) electrons. The van der Waals surface area contributed by atoms with Gasteiger partial charge in [-0.1, -0.05) is 36.4 Å². The van der Waals surface area contributed by atoms with E-state index in [-0.39, 0.29) is 17.0 Å². The third-order valence-corrected chi connectivity index (χ3v) is 6.18. The molecule has 0 fully saturated rings. The lowest BCUT2D eigenvalue weighted by Gasteiger charge is -2.20. The number of hydrogen-bond donors (Lipinski definition) is 4. The Hall–Kier alpha value is -4.65. The highest BCUT2D eigenvalue weighted by Crippen LogP contribution is 2.33. The first-order valence-electron chi connectivity index (χ1n) is 11.4. The molecule has 0 spiro atoms. The number of allylic oxidation sites excluding steroid dienone is 1. The molecule has 1 unspecified atom stereocenters. The van der Waals surface area contributed by atoms with Crippen LogP contribution in [0.5, 0.6) is 0 Å². The maximum atomic E-state index is 13.5. The third-order valence-electron chi connectivity index (χ3n) is 6.18. The minimum Gasteiger partial charge on any atom is -0.478 e. The molecule has 36 heavy (non-hydrogen) atoms. The van der Waals surface area contributed by atoms with Crippen LogP contribution >= 0.6 is 0 Å². The number of carboxylic acids is 1. The van der Waals surface area contributed by atoms with Crippen LogP contribution in [0.4, 0.5) is 5.69 Å². The van der Waals surface area contributed by atoms with Gasteiger partial charge in [0.05, 0.1) is 17.0 Å². The zero-order valence-electron chi connectivity index (χ0n) is 20.3. The van der Waals surface area contributed by atoms with Crippen molar-refractivity contribution in [3.8, 4) is 11.3 Å². The summed E-state index contributed by atoms with van der Waals surface area (Å²) in [5.41, 5.74) is 10.7. The fourth-order valence-corrected chi connectivity index (χ4v) is 4.34. The first-order chi connectivity index (χ1) is 17.2. The highest BCUT2D eigenvalue weighted by Gasteiger charge is 2.20. The Kier molecular flexibility index (Phi) is 6.74. The molecule has 7 heteroatoms. The molecule has 0 saturated carbocycles. The second-order valence-electron chi connectivity index (χ2n) is 8.68. The van der Waals surface area contributed by atoms with Gasteiger partial charge in [0.25, 0.3) is 0 Å². The number of carbonyl (C=O) groups is 1. The summed E-state index contributed by atoms with van der Waals surface area (Å²) in [6, 6.07) is 17.4. The fraction of sp³-hybridized carbons (Fsp3) is 0.138. The van der Waals surface area contributed by atoms with Gasteiger partial charge in [-0.05, 0) is 56.2 Å². The maximum Gasteiger partial charge on any atom is 0.337 e. The molecule has 0 aliphatic heterocycles. The van der Waals surface area contributed by atoms with Crippen molar-refractivity contribution in [1.29, 1.82) is 5.41 Å². The second-order valence-corrected chi connectivity index (χ2v) is 8.68. The average Bonchev–Trinajstić information content (AvgIpc) is 2.87. The predicted molar refractivity (Wildman–Crippen MR) is 144 cm³/mol. The lowest BCUT2D eigenvalue weighted by molar-refractivity contribution is 0.0698. The molecule has 1 heterocycles. The van der Waals surface area contributed by atoms with Crippen LogP contribution in [0.2, 0.25) is 0 Å². The van der Waals surface area contributed by atoms with E-state index in [0.717, 1.165) is 16.7 Å². The van der Waals surface area contributed by atoms with Gasteiger partial charge in [0.15, 0.2) is 5.43 Å². The number of fused-ring (bicyclic) bond motifs is 1. The Morgan fingerprint density at radius 2 is 1.86 bits per heavy atom. The van der Waals surface area contributed by atoms with Crippen LogP contribution in [-0.4, -0.2) is 17.3 Å². The quantitative estimate of drug-likeness (QED) is 0.243. The average molecular weight is 482 g/mol. The normalized spacial score (nSPS) is 12.4. The van der Waals surface area contributed by atoms with E-state index in [9.17, 15) is 14.7 Å². The van der Waals surface area contributed by atoms with Gasteiger partial charge in [0, 0.05) is 40.4 Å². The molecule has 0 saturated heterocycles. The van der Waals surface area contributed by atoms with Crippen LogP contribution in [0.25, 0.3) is 27.9 Å². The first-order valence-corrected chi connectivity index (χ1v) is 11.4. The molecule has 7 nitrogen and oxygen atoms in total. The van der Waals surface area contributed by atoms with Gasteiger partial charge in [-0.25, -0.2) is 4.79 Å². The minimum absolute atomic E-state index is 0.138. The standard InChI is InChI=1S/C29H27N3O4/c1-16-11-23(18(3)32-25-10-5-4-9-22(25)29(34)35)28-24(12-16)26(33)17(2)27(36-28)20-8-6-7-19(13-20)21(14-30)15-31/h4-15,18,30,32H,31H2,1-3H3,(H,34,35)/b21-15+,30-14?. The number of anilines is 1. The number of aromatic carboxylic acids is 1. The molecule has 0 amide bonds. The molecule has 4 aromatic rings. The van der Waals surface area contributed by atoms with Crippen molar-refractivity contribution in [2.45, 2.75) is 26.8 Å². The van der Waals surface area contributed by atoms with Crippen molar-refractivity contribution >= 4 is 34.4 Å². The van der Waals surface area contributed by atoms with E-state index in [0.29, 0.717) is 39.1 Å². The molecular weight excluding hydrogens is 454 g/mol. The van der Waals surface area contributed by atoms with Crippen molar-refractivity contribution in [3.63, 3.8) is 0 Å². The molecule has 0 aliphatic carbocycles. The summed E-state index contributed by atoms with van der Waals surface area (Å²) in [6.45, 7) is 5.54. The largest absolute Gasteiger partial charge is 0.478 e. The first kappa shape index (κ1) is 24.5. The number of benzene rings is 3. The van der Waals surface area contributed by atoms with E-state index in [2.05, 4.69) is 5.32 Å². The predicted octanol–water partition coefficient (Wildman–Crippen LogP) is 5.90. The number of nitrogens with two attached hydrogens (primary N) is 1. The lowest BCUT2D eigenvalue weighted by Crippen LogP contribution is -2.14. The van der Waals surface area contributed by atoms with Gasteiger partial charge in [-0.2, -0.15) is 0 Å². The van der Waals surface area contributed by atoms with Crippen molar-refractivity contribution in [2.24, 2.45) is 5.73 Å². The van der Waals surface area contributed by atoms with Gasteiger partial charge in [0.2, 0.25) is 0 Å². The van der Waals surface area contributed by atoms with Crippen molar-refractivity contribution in [1.82, 2.24) is 0 Å². The Balaban J connectivity index is 1.90. The molecule has 182 valence electrons. The van der Waals surface area contributed by atoms with Crippen LogP contribution in [0, 0.1) is 19.3 Å². The summed E-state index contributed by atoms with van der Waals surface area (Å²) >= 11 is 0. The summed E-state index contributed by atoms with van der Waals surface area (Å²) in [5.74, 6) is -0.599. The Labute approximate surface area is 208 Å². The third kappa shape index (κ3) is 4.51. The van der Waals surface area contributed by atoms with Gasteiger partial charge in [0.1, 0.15) is 11.3 Å². The highest BCUT2D eigenvalue weighted by atomic mass is 16.4. The van der Waals surface area contributed by atoms with E-state index in [1.807, 2.05) is 44.2 Å².